The minimum Gasteiger partial charge on any atom is -0.475 e. The van der Waals surface area contributed by atoms with Crippen LogP contribution in [-0.4, -0.2) is 63.9 Å². The summed E-state index contributed by atoms with van der Waals surface area (Å²) < 4.78 is 37.7. The SMILES string of the molecule is O=C(NCc1cccnc1)[C@@H]1CCO[C@@H]2CCN(c3ncccn3)C[C@@H]21.O=C(O)C(F)(F)F. The molecular weight excluding hydrogens is 443 g/mol. The van der Waals surface area contributed by atoms with Gasteiger partial charge in [-0.2, -0.15) is 13.2 Å². The molecular formula is C21H24F3N5O4. The Balaban J connectivity index is 0.000000383. The van der Waals surface area contributed by atoms with Gasteiger partial charge in [-0.25, -0.2) is 14.8 Å². The van der Waals surface area contributed by atoms with E-state index in [0.717, 1.165) is 37.4 Å². The van der Waals surface area contributed by atoms with E-state index in [9.17, 15) is 18.0 Å². The number of hydrogen-bond donors (Lipinski definition) is 2. The van der Waals surface area contributed by atoms with Crippen molar-refractivity contribution in [1.82, 2.24) is 20.3 Å². The first kappa shape index (κ1) is 24.4. The summed E-state index contributed by atoms with van der Waals surface area (Å²) in [6.07, 6.45) is 3.73. The van der Waals surface area contributed by atoms with Crippen LogP contribution in [0, 0.1) is 11.8 Å². The van der Waals surface area contributed by atoms with E-state index in [1.54, 1.807) is 24.8 Å². The van der Waals surface area contributed by atoms with E-state index in [2.05, 4.69) is 25.2 Å². The lowest BCUT2D eigenvalue weighted by Crippen LogP contribution is -2.53. The Morgan fingerprint density at radius 1 is 1.18 bits per heavy atom. The van der Waals surface area contributed by atoms with Crippen LogP contribution in [0.15, 0.2) is 43.0 Å². The van der Waals surface area contributed by atoms with E-state index in [4.69, 9.17) is 14.6 Å². The summed E-state index contributed by atoms with van der Waals surface area (Å²) in [6.45, 7) is 2.76. The fourth-order valence-corrected chi connectivity index (χ4v) is 3.90. The largest absolute Gasteiger partial charge is 0.490 e. The highest BCUT2D eigenvalue weighted by molar-refractivity contribution is 5.79. The molecule has 4 rings (SSSR count). The van der Waals surface area contributed by atoms with Crippen LogP contribution in [0.1, 0.15) is 18.4 Å². The van der Waals surface area contributed by atoms with Crippen LogP contribution in [0.4, 0.5) is 19.1 Å². The maximum absolute atomic E-state index is 12.8. The molecule has 2 aliphatic heterocycles. The van der Waals surface area contributed by atoms with E-state index in [1.165, 1.54) is 0 Å². The second-order valence-electron chi connectivity index (χ2n) is 7.63. The maximum Gasteiger partial charge on any atom is 0.490 e. The van der Waals surface area contributed by atoms with Crippen molar-refractivity contribution in [2.75, 3.05) is 24.6 Å². The van der Waals surface area contributed by atoms with Crippen LogP contribution in [0.2, 0.25) is 0 Å². The number of ether oxygens (including phenoxy) is 1. The molecule has 2 fully saturated rings. The van der Waals surface area contributed by atoms with Gasteiger partial charge >= 0.3 is 12.1 Å². The summed E-state index contributed by atoms with van der Waals surface area (Å²) in [7, 11) is 0. The van der Waals surface area contributed by atoms with E-state index in [0.29, 0.717) is 13.2 Å². The van der Waals surface area contributed by atoms with E-state index in [1.807, 2.05) is 18.2 Å². The molecule has 9 nitrogen and oxygen atoms in total. The van der Waals surface area contributed by atoms with E-state index in [-0.39, 0.29) is 23.8 Å². The Hall–Kier alpha value is -3.28. The standard InChI is InChI=1S/C19H23N5O2.C2HF3O2/c25-18(23-12-14-3-1-6-20-11-14)15-5-10-26-17-4-9-24(13-16(15)17)19-21-7-2-8-22-19;3-2(4,5)1(6)7/h1-3,6-8,11,15-17H,4-5,9-10,12-13H2,(H,23,25);(H,6,7)/t15-,16-,17-;/m1./s1. The van der Waals surface area contributed by atoms with E-state index < -0.39 is 12.1 Å². The zero-order valence-corrected chi connectivity index (χ0v) is 17.6. The molecule has 12 heteroatoms. The van der Waals surface area contributed by atoms with Crippen LogP contribution in [-0.2, 0) is 20.9 Å². The van der Waals surface area contributed by atoms with Crippen molar-refractivity contribution >= 4 is 17.8 Å². The molecule has 33 heavy (non-hydrogen) atoms. The topological polar surface area (TPSA) is 118 Å². The first-order valence-electron chi connectivity index (χ1n) is 10.4. The highest BCUT2D eigenvalue weighted by Crippen LogP contribution is 2.34. The van der Waals surface area contributed by atoms with Gasteiger partial charge in [0.15, 0.2) is 0 Å². The number of hydrogen-bond acceptors (Lipinski definition) is 7. The number of aliphatic carboxylic acids is 1. The summed E-state index contributed by atoms with van der Waals surface area (Å²) in [5.74, 6) is -1.81. The lowest BCUT2D eigenvalue weighted by Gasteiger charge is -2.44. The van der Waals surface area contributed by atoms with Gasteiger partial charge in [-0.05, 0) is 30.5 Å². The lowest BCUT2D eigenvalue weighted by molar-refractivity contribution is -0.192. The molecule has 178 valence electrons. The molecule has 2 aromatic rings. The summed E-state index contributed by atoms with van der Waals surface area (Å²) in [4.78, 5) is 36.7. The lowest BCUT2D eigenvalue weighted by atomic mass is 9.79. The van der Waals surface area contributed by atoms with Crippen LogP contribution < -0.4 is 10.2 Å². The highest BCUT2D eigenvalue weighted by atomic mass is 19.4. The minimum absolute atomic E-state index is 0.0445. The number of carbonyl (C=O) groups excluding carboxylic acids is 1. The quantitative estimate of drug-likeness (QED) is 0.702. The van der Waals surface area contributed by atoms with Crippen molar-refractivity contribution in [2.24, 2.45) is 11.8 Å². The van der Waals surface area contributed by atoms with Gasteiger partial charge in [0.25, 0.3) is 0 Å². The first-order chi connectivity index (χ1) is 15.8. The Kier molecular flexibility index (Phi) is 8.15. The minimum atomic E-state index is -5.08. The zero-order chi connectivity index (χ0) is 23.8. The molecule has 0 bridgehead atoms. The second-order valence-corrected chi connectivity index (χ2v) is 7.63. The highest BCUT2D eigenvalue weighted by Gasteiger charge is 2.42. The number of amides is 1. The van der Waals surface area contributed by atoms with Crippen LogP contribution >= 0.6 is 0 Å². The molecule has 3 atom stereocenters. The Morgan fingerprint density at radius 2 is 1.91 bits per heavy atom. The first-order valence-corrected chi connectivity index (χ1v) is 10.4. The number of pyridine rings is 1. The number of nitrogens with one attached hydrogen (secondary N) is 1. The molecule has 2 aromatic heterocycles. The van der Waals surface area contributed by atoms with Gasteiger partial charge in [0.2, 0.25) is 11.9 Å². The molecule has 2 aliphatic rings. The van der Waals surface area contributed by atoms with Crippen molar-refractivity contribution in [3.05, 3.63) is 48.5 Å². The van der Waals surface area contributed by atoms with Crippen molar-refractivity contribution in [3.8, 4) is 0 Å². The molecule has 4 heterocycles. The number of fused-ring (bicyclic) bond motifs is 1. The van der Waals surface area contributed by atoms with Gasteiger partial charge < -0.3 is 20.1 Å². The van der Waals surface area contributed by atoms with Crippen LogP contribution in [0.3, 0.4) is 0 Å². The number of piperidine rings is 1. The number of halogens is 3. The number of alkyl halides is 3. The summed E-state index contributed by atoms with van der Waals surface area (Å²) in [6, 6.07) is 5.66. The molecule has 0 unspecified atom stereocenters. The number of aromatic nitrogens is 3. The van der Waals surface area contributed by atoms with Gasteiger partial charge in [-0.3, -0.25) is 9.78 Å². The smallest absolute Gasteiger partial charge is 0.475 e. The fraction of sp³-hybridized carbons (Fsp3) is 0.476. The zero-order valence-electron chi connectivity index (χ0n) is 17.6. The Labute approximate surface area is 188 Å². The average Bonchev–Trinajstić information content (AvgIpc) is 2.83. The summed E-state index contributed by atoms with van der Waals surface area (Å²) in [5.41, 5.74) is 1.01. The van der Waals surface area contributed by atoms with Crippen LogP contribution in [0.5, 0.6) is 0 Å². The molecule has 1 amide bonds. The second kappa shape index (κ2) is 11.0. The Morgan fingerprint density at radius 3 is 2.55 bits per heavy atom. The molecule has 0 aromatic carbocycles. The third kappa shape index (κ3) is 6.85. The number of carboxylic acid groups (broad SMARTS) is 1. The van der Waals surface area contributed by atoms with Crippen molar-refractivity contribution in [3.63, 3.8) is 0 Å². The Bertz CT molecular complexity index is 917. The van der Waals surface area contributed by atoms with Gasteiger partial charge in [0.05, 0.1) is 6.10 Å². The van der Waals surface area contributed by atoms with E-state index >= 15 is 0 Å². The van der Waals surface area contributed by atoms with Gasteiger partial charge in [0.1, 0.15) is 0 Å². The monoisotopic (exact) mass is 467 g/mol. The number of anilines is 1. The number of nitrogens with zero attached hydrogens (tertiary/aromatic N) is 4. The molecule has 0 radical (unpaired) electrons. The average molecular weight is 467 g/mol. The van der Waals surface area contributed by atoms with Crippen molar-refractivity contribution in [2.45, 2.75) is 31.7 Å². The molecule has 0 aliphatic carbocycles. The number of carboxylic acids is 1. The number of carbonyl (C=O) groups is 2. The summed E-state index contributed by atoms with van der Waals surface area (Å²) >= 11 is 0. The predicted octanol–water partition coefficient (Wildman–Crippen LogP) is 2.05. The van der Waals surface area contributed by atoms with Crippen LogP contribution in [0.25, 0.3) is 0 Å². The van der Waals surface area contributed by atoms with Gasteiger partial charge in [-0.1, -0.05) is 6.07 Å². The summed E-state index contributed by atoms with van der Waals surface area (Å²) in [5, 5.41) is 10.2. The maximum atomic E-state index is 12.8. The normalized spacial score (nSPS) is 22.4. The molecule has 2 saturated heterocycles. The van der Waals surface area contributed by atoms with Gasteiger partial charge in [-0.15, -0.1) is 0 Å². The van der Waals surface area contributed by atoms with Gasteiger partial charge in [0, 0.05) is 62.9 Å². The number of rotatable bonds is 4. The van der Waals surface area contributed by atoms with Crippen molar-refractivity contribution < 1.29 is 32.6 Å². The van der Waals surface area contributed by atoms with Crippen molar-refractivity contribution in [1.29, 1.82) is 0 Å². The fourth-order valence-electron chi connectivity index (χ4n) is 3.90. The molecule has 2 N–H and O–H groups in total. The third-order valence-corrected chi connectivity index (χ3v) is 5.47. The molecule has 0 saturated carbocycles. The predicted molar refractivity (Wildman–Crippen MR) is 110 cm³/mol. The third-order valence-electron chi connectivity index (χ3n) is 5.47. The molecule has 0 spiro atoms.